The van der Waals surface area contributed by atoms with E-state index in [1.165, 1.54) is 19.3 Å². The van der Waals surface area contributed by atoms with Crippen LogP contribution < -0.4 is 5.73 Å². The summed E-state index contributed by atoms with van der Waals surface area (Å²) in [6.07, 6.45) is 6.76. The van der Waals surface area contributed by atoms with Crippen LogP contribution in [0.5, 0.6) is 0 Å². The molecule has 5 nitrogen and oxygen atoms in total. The summed E-state index contributed by atoms with van der Waals surface area (Å²) in [4.78, 5) is 4.42. The van der Waals surface area contributed by atoms with Crippen molar-refractivity contribution in [3.63, 3.8) is 0 Å². The number of rotatable bonds is 5. The van der Waals surface area contributed by atoms with Crippen molar-refractivity contribution in [2.45, 2.75) is 64.0 Å². The lowest BCUT2D eigenvalue weighted by atomic mass is 9.95. The minimum atomic E-state index is 0.150. The van der Waals surface area contributed by atoms with Crippen molar-refractivity contribution in [2.24, 2.45) is 5.73 Å². The molecule has 0 amide bonds. The molecule has 0 aromatic carbocycles. The van der Waals surface area contributed by atoms with Crippen molar-refractivity contribution < 1.29 is 9.26 Å². The van der Waals surface area contributed by atoms with Crippen LogP contribution in [0.25, 0.3) is 0 Å². The third-order valence-corrected chi connectivity index (χ3v) is 3.45. The molecule has 1 aliphatic carbocycles. The van der Waals surface area contributed by atoms with Crippen LogP contribution in [0.1, 0.15) is 63.1 Å². The number of nitrogens with two attached hydrogens (primary N) is 1. The first-order valence-corrected chi connectivity index (χ1v) is 6.97. The summed E-state index contributed by atoms with van der Waals surface area (Å²) in [5.41, 5.74) is 6.18. The van der Waals surface area contributed by atoms with Crippen LogP contribution in [-0.2, 0) is 11.3 Å². The van der Waals surface area contributed by atoms with Gasteiger partial charge in [0.2, 0.25) is 5.89 Å². The maximum absolute atomic E-state index is 6.18. The summed E-state index contributed by atoms with van der Waals surface area (Å²) in [6.45, 7) is 3.23. The monoisotopic (exact) mass is 253 g/mol. The fraction of sp³-hybridized carbons (Fsp3) is 0.846. The highest BCUT2D eigenvalue weighted by atomic mass is 16.5. The van der Waals surface area contributed by atoms with Gasteiger partial charge in [0.05, 0.1) is 5.92 Å². The van der Waals surface area contributed by atoms with Gasteiger partial charge in [-0.25, -0.2) is 0 Å². The van der Waals surface area contributed by atoms with Crippen LogP contribution in [0.4, 0.5) is 0 Å². The Balaban J connectivity index is 1.95. The van der Waals surface area contributed by atoms with Gasteiger partial charge in [-0.15, -0.1) is 0 Å². The molecule has 102 valence electrons. The summed E-state index contributed by atoms with van der Waals surface area (Å²) in [6, 6.07) is 0.150. The highest BCUT2D eigenvalue weighted by molar-refractivity contribution is 4.99. The first-order chi connectivity index (χ1) is 8.81. The third kappa shape index (κ3) is 3.53. The van der Waals surface area contributed by atoms with E-state index < -0.39 is 0 Å². The van der Waals surface area contributed by atoms with Crippen LogP contribution in [0.2, 0.25) is 0 Å². The standard InChI is InChI=1S/C13H23N3O2/c1-2-8-17-9-12-15-13(18-16-12)10-6-4-3-5-7-11(10)14/h10-11H,2-9,14H2,1H3. The lowest BCUT2D eigenvalue weighted by Gasteiger charge is -2.16. The Labute approximate surface area is 108 Å². The predicted molar refractivity (Wildman–Crippen MR) is 68.0 cm³/mol. The van der Waals surface area contributed by atoms with Crippen LogP contribution in [0.3, 0.4) is 0 Å². The number of nitrogens with zero attached hydrogens (tertiary/aromatic N) is 2. The molecule has 1 heterocycles. The van der Waals surface area contributed by atoms with E-state index in [4.69, 9.17) is 15.0 Å². The predicted octanol–water partition coefficient (Wildman–Crippen LogP) is 2.37. The maximum atomic E-state index is 6.18. The number of hydrogen-bond acceptors (Lipinski definition) is 5. The van der Waals surface area contributed by atoms with Gasteiger partial charge in [-0.2, -0.15) is 4.98 Å². The van der Waals surface area contributed by atoms with Gasteiger partial charge in [0, 0.05) is 12.6 Å². The Bertz CT molecular complexity index is 354. The topological polar surface area (TPSA) is 74.2 Å². The summed E-state index contributed by atoms with van der Waals surface area (Å²) >= 11 is 0. The van der Waals surface area contributed by atoms with E-state index in [2.05, 4.69) is 17.1 Å². The van der Waals surface area contributed by atoms with Gasteiger partial charge in [-0.1, -0.05) is 31.3 Å². The van der Waals surface area contributed by atoms with Gasteiger partial charge in [0.1, 0.15) is 6.61 Å². The number of hydrogen-bond donors (Lipinski definition) is 1. The van der Waals surface area contributed by atoms with E-state index in [-0.39, 0.29) is 12.0 Å². The smallest absolute Gasteiger partial charge is 0.231 e. The van der Waals surface area contributed by atoms with Crippen LogP contribution in [0.15, 0.2) is 4.52 Å². The second-order valence-corrected chi connectivity index (χ2v) is 5.01. The largest absolute Gasteiger partial charge is 0.373 e. The summed E-state index contributed by atoms with van der Waals surface area (Å²) < 4.78 is 10.7. The molecule has 0 spiro atoms. The maximum Gasteiger partial charge on any atom is 0.231 e. The molecule has 2 rings (SSSR count). The zero-order chi connectivity index (χ0) is 12.8. The highest BCUT2D eigenvalue weighted by Gasteiger charge is 2.27. The second kappa shape index (κ2) is 6.85. The molecule has 2 unspecified atom stereocenters. The van der Waals surface area contributed by atoms with Gasteiger partial charge >= 0.3 is 0 Å². The van der Waals surface area contributed by atoms with E-state index in [0.717, 1.165) is 25.9 Å². The molecular formula is C13H23N3O2. The third-order valence-electron chi connectivity index (χ3n) is 3.45. The van der Waals surface area contributed by atoms with E-state index >= 15 is 0 Å². The Morgan fingerprint density at radius 3 is 3.00 bits per heavy atom. The fourth-order valence-electron chi connectivity index (χ4n) is 2.43. The van der Waals surface area contributed by atoms with E-state index in [1.807, 2.05) is 0 Å². The number of aromatic nitrogens is 2. The molecule has 2 N–H and O–H groups in total. The lowest BCUT2D eigenvalue weighted by molar-refractivity contribution is 0.114. The van der Waals surface area contributed by atoms with Crippen molar-refractivity contribution in [1.29, 1.82) is 0 Å². The van der Waals surface area contributed by atoms with Crippen molar-refractivity contribution >= 4 is 0 Å². The average Bonchev–Trinajstić information content (AvgIpc) is 2.72. The molecule has 0 aliphatic heterocycles. The average molecular weight is 253 g/mol. The van der Waals surface area contributed by atoms with E-state index in [1.54, 1.807) is 0 Å². The zero-order valence-electron chi connectivity index (χ0n) is 11.1. The first kappa shape index (κ1) is 13.5. The minimum Gasteiger partial charge on any atom is -0.373 e. The normalized spacial score (nSPS) is 25.0. The van der Waals surface area contributed by atoms with Gasteiger partial charge in [-0.05, 0) is 19.3 Å². The summed E-state index contributed by atoms with van der Waals surface area (Å²) in [5, 5.41) is 3.96. The molecule has 1 saturated carbocycles. The SMILES string of the molecule is CCCOCc1noc(C2CCCCCC2N)n1. The van der Waals surface area contributed by atoms with E-state index in [0.29, 0.717) is 18.3 Å². The van der Waals surface area contributed by atoms with Crippen molar-refractivity contribution in [3.05, 3.63) is 11.7 Å². The Morgan fingerprint density at radius 1 is 1.33 bits per heavy atom. The van der Waals surface area contributed by atoms with Gasteiger partial charge in [0.15, 0.2) is 5.82 Å². The molecule has 1 fully saturated rings. The Hall–Kier alpha value is -0.940. The Morgan fingerprint density at radius 2 is 2.17 bits per heavy atom. The fourth-order valence-corrected chi connectivity index (χ4v) is 2.43. The molecule has 2 atom stereocenters. The minimum absolute atomic E-state index is 0.150. The molecular weight excluding hydrogens is 230 g/mol. The second-order valence-electron chi connectivity index (χ2n) is 5.01. The molecule has 0 bridgehead atoms. The van der Waals surface area contributed by atoms with Crippen molar-refractivity contribution in [1.82, 2.24) is 10.1 Å². The van der Waals surface area contributed by atoms with Crippen LogP contribution in [0, 0.1) is 0 Å². The Kier molecular flexibility index (Phi) is 5.13. The van der Waals surface area contributed by atoms with E-state index in [9.17, 15) is 0 Å². The number of ether oxygens (including phenoxy) is 1. The highest BCUT2D eigenvalue weighted by Crippen LogP contribution is 2.29. The molecule has 0 radical (unpaired) electrons. The summed E-state index contributed by atoms with van der Waals surface area (Å²) in [5.74, 6) is 1.55. The molecule has 0 saturated heterocycles. The van der Waals surface area contributed by atoms with Gasteiger partial charge < -0.3 is 15.0 Å². The molecule has 1 aliphatic rings. The van der Waals surface area contributed by atoms with Gasteiger partial charge in [-0.3, -0.25) is 0 Å². The van der Waals surface area contributed by atoms with Crippen LogP contribution >= 0.6 is 0 Å². The quantitative estimate of drug-likeness (QED) is 0.644. The first-order valence-electron chi connectivity index (χ1n) is 6.97. The molecule has 1 aromatic heterocycles. The zero-order valence-corrected chi connectivity index (χ0v) is 11.1. The summed E-state index contributed by atoms with van der Waals surface area (Å²) in [7, 11) is 0. The van der Waals surface area contributed by atoms with Crippen molar-refractivity contribution in [2.75, 3.05) is 6.61 Å². The molecule has 5 heteroatoms. The van der Waals surface area contributed by atoms with Gasteiger partial charge in [0.25, 0.3) is 0 Å². The molecule has 1 aromatic rings. The van der Waals surface area contributed by atoms with Crippen LogP contribution in [-0.4, -0.2) is 22.8 Å². The van der Waals surface area contributed by atoms with Crippen molar-refractivity contribution in [3.8, 4) is 0 Å². The molecule has 18 heavy (non-hydrogen) atoms. The lowest BCUT2D eigenvalue weighted by Crippen LogP contribution is -2.27.